The Labute approximate surface area is 54.3 Å². The van der Waals surface area contributed by atoms with Crippen LogP contribution in [-0.4, -0.2) is 6.54 Å². The summed E-state index contributed by atoms with van der Waals surface area (Å²) in [6, 6.07) is 0. The number of nitrogens with one attached hydrogen (secondary N) is 1. The van der Waals surface area contributed by atoms with Crippen molar-refractivity contribution in [3.63, 3.8) is 0 Å². The van der Waals surface area contributed by atoms with Crippen molar-refractivity contribution in [3.8, 4) is 0 Å². The average Bonchev–Trinajstić information content (AvgIpc) is 1.59. The average molecular weight is 151 g/mol. The maximum atomic E-state index is 5.27. The van der Waals surface area contributed by atoms with E-state index in [1.54, 1.807) is 6.08 Å². The van der Waals surface area contributed by atoms with Gasteiger partial charge in [0.15, 0.2) is 0 Å². The van der Waals surface area contributed by atoms with Crippen LogP contribution in [0.4, 0.5) is 0 Å². The van der Waals surface area contributed by atoms with Crippen molar-refractivity contribution in [2.24, 2.45) is 11.0 Å². The summed E-state index contributed by atoms with van der Waals surface area (Å²) in [5.74, 6) is 0. The molecule has 3 nitrogen and oxygen atoms in total. The van der Waals surface area contributed by atoms with Crippen LogP contribution in [0.1, 0.15) is 0 Å². The molecule has 5 heteroatoms. The van der Waals surface area contributed by atoms with E-state index < -0.39 is 6.49 Å². The Morgan fingerprint density at radius 2 is 2.25 bits per heavy atom. The molecule has 0 aliphatic heterocycles. The highest BCUT2D eigenvalue weighted by atomic mass is 32.4. The van der Waals surface area contributed by atoms with Crippen LogP contribution in [0.25, 0.3) is 0 Å². The highest BCUT2D eigenvalue weighted by Crippen LogP contribution is 2.16. The van der Waals surface area contributed by atoms with Gasteiger partial charge in [0.25, 0.3) is 0 Å². The molecule has 5 N–H and O–H groups in total. The molecule has 48 valence electrons. The first-order valence-corrected chi connectivity index (χ1v) is 5.03. The van der Waals surface area contributed by atoms with E-state index in [2.05, 4.69) is 23.5 Å². The molecule has 0 unspecified atom stereocenters. The Balaban J connectivity index is 3.40. The van der Waals surface area contributed by atoms with Crippen molar-refractivity contribution in [2.45, 2.75) is 0 Å². The van der Waals surface area contributed by atoms with Crippen LogP contribution in [0, 0.1) is 0 Å². The molecule has 0 aromatic heterocycles. The molecule has 0 aromatic rings. The van der Waals surface area contributed by atoms with Gasteiger partial charge >= 0.3 is 0 Å². The molecule has 8 heavy (non-hydrogen) atoms. The van der Waals surface area contributed by atoms with Crippen LogP contribution in [0.5, 0.6) is 0 Å². The maximum absolute atomic E-state index is 5.27. The zero-order chi connectivity index (χ0) is 6.62. The molecule has 0 atom stereocenters. The van der Waals surface area contributed by atoms with Crippen molar-refractivity contribution in [3.05, 3.63) is 12.7 Å². The molecule has 0 heterocycles. The molecule has 0 aromatic carbocycles. The van der Waals surface area contributed by atoms with Crippen LogP contribution in [-0.2, 0) is 11.8 Å². The Morgan fingerprint density at radius 3 is 2.38 bits per heavy atom. The van der Waals surface area contributed by atoms with E-state index in [4.69, 9.17) is 11.0 Å². The van der Waals surface area contributed by atoms with Gasteiger partial charge in [-0.05, 0) is 11.8 Å². The summed E-state index contributed by atoms with van der Waals surface area (Å²) in [5.41, 5.74) is 10.5. The van der Waals surface area contributed by atoms with E-state index in [1.807, 2.05) is 0 Å². The highest BCUT2D eigenvalue weighted by Gasteiger charge is 1.95. The van der Waals surface area contributed by atoms with Crippen LogP contribution >= 0.6 is 6.49 Å². The van der Waals surface area contributed by atoms with E-state index in [-0.39, 0.29) is 0 Å². The van der Waals surface area contributed by atoms with Crippen molar-refractivity contribution < 1.29 is 0 Å². The maximum Gasteiger partial charge on any atom is 0.132 e. The van der Waals surface area contributed by atoms with E-state index in [9.17, 15) is 0 Å². The van der Waals surface area contributed by atoms with E-state index in [0.29, 0.717) is 6.54 Å². The van der Waals surface area contributed by atoms with Gasteiger partial charge in [-0.15, -0.1) is 6.58 Å². The second-order valence-corrected chi connectivity index (χ2v) is 4.91. The SMILES string of the molecule is C=CCNP(N)(N)=S. The zero-order valence-electron chi connectivity index (χ0n) is 4.50. The van der Waals surface area contributed by atoms with E-state index >= 15 is 0 Å². The zero-order valence-corrected chi connectivity index (χ0v) is 6.21. The minimum absolute atomic E-state index is 0.588. The fraction of sp³-hybridized carbons (Fsp3) is 0.333. The Kier molecular flexibility index (Phi) is 3.44. The smallest absolute Gasteiger partial charge is 0.132 e. The molecule has 0 saturated heterocycles. The fourth-order valence-electron chi connectivity index (χ4n) is 0.207. The fourth-order valence-corrected chi connectivity index (χ4v) is 0.845. The number of hydrogen-bond acceptors (Lipinski definition) is 1. The minimum Gasteiger partial charge on any atom is -0.280 e. The lowest BCUT2D eigenvalue weighted by molar-refractivity contribution is 1.10. The summed E-state index contributed by atoms with van der Waals surface area (Å²) >= 11 is 4.66. The van der Waals surface area contributed by atoms with Crippen molar-refractivity contribution in [1.29, 1.82) is 0 Å². The van der Waals surface area contributed by atoms with Gasteiger partial charge in [-0.3, -0.25) is 16.1 Å². The molecular weight excluding hydrogens is 141 g/mol. The van der Waals surface area contributed by atoms with Gasteiger partial charge in [0.1, 0.15) is 6.49 Å². The quantitative estimate of drug-likeness (QED) is 0.389. The van der Waals surface area contributed by atoms with Gasteiger partial charge < -0.3 is 0 Å². The number of nitrogens with two attached hydrogens (primary N) is 2. The van der Waals surface area contributed by atoms with Crippen LogP contribution in [0.2, 0.25) is 0 Å². The molecule has 0 saturated carbocycles. The summed E-state index contributed by atoms with van der Waals surface area (Å²) in [7, 11) is 0. The molecule has 0 bridgehead atoms. The first-order chi connectivity index (χ1) is 3.56. The largest absolute Gasteiger partial charge is 0.280 e. The predicted molar refractivity (Wildman–Crippen MR) is 40.9 cm³/mol. The standard InChI is InChI=1S/C3H10N3PS/c1-2-3-6-7(4,5)8/h2H,1,3H2,(H5,4,5,6,8). The van der Waals surface area contributed by atoms with Gasteiger partial charge in [-0.25, -0.2) is 0 Å². The summed E-state index contributed by atoms with van der Waals surface area (Å²) in [6.45, 7) is 1.88. The lowest BCUT2D eigenvalue weighted by Gasteiger charge is -2.08. The van der Waals surface area contributed by atoms with Crippen LogP contribution in [0.3, 0.4) is 0 Å². The molecule has 0 spiro atoms. The molecule has 0 aliphatic carbocycles. The van der Waals surface area contributed by atoms with Gasteiger partial charge in [0.2, 0.25) is 0 Å². The third-order valence-electron chi connectivity index (χ3n) is 0.483. The van der Waals surface area contributed by atoms with Crippen LogP contribution < -0.4 is 16.1 Å². The van der Waals surface area contributed by atoms with Crippen molar-refractivity contribution in [2.75, 3.05) is 6.54 Å². The molecule has 0 aliphatic rings. The third kappa shape index (κ3) is 6.27. The molecule has 0 amide bonds. The van der Waals surface area contributed by atoms with Crippen molar-refractivity contribution >= 4 is 18.3 Å². The Bertz CT molecular complexity index is 118. The van der Waals surface area contributed by atoms with E-state index in [0.717, 1.165) is 0 Å². The van der Waals surface area contributed by atoms with Crippen molar-refractivity contribution in [1.82, 2.24) is 5.09 Å². The second-order valence-electron chi connectivity index (χ2n) is 1.36. The summed E-state index contributed by atoms with van der Waals surface area (Å²) in [5, 5.41) is 2.73. The third-order valence-corrected chi connectivity index (χ3v) is 1.55. The second kappa shape index (κ2) is 3.33. The monoisotopic (exact) mass is 151 g/mol. The van der Waals surface area contributed by atoms with Gasteiger partial charge in [0.05, 0.1) is 0 Å². The first kappa shape index (κ1) is 8.27. The number of hydrogen-bond donors (Lipinski definition) is 3. The summed E-state index contributed by atoms with van der Waals surface area (Å²) in [4.78, 5) is 0. The number of rotatable bonds is 3. The highest BCUT2D eigenvalue weighted by molar-refractivity contribution is 8.11. The first-order valence-electron chi connectivity index (χ1n) is 2.09. The molecule has 0 rings (SSSR count). The molecular formula is C3H10N3PS. The van der Waals surface area contributed by atoms with Gasteiger partial charge in [-0.1, -0.05) is 6.08 Å². The Morgan fingerprint density at radius 1 is 1.75 bits per heavy atom. The predicted octanol–water partition coefficient (Wildman–Crippen LogP) is -0.0961. The molecule has 0 radical (unpaired) electrons. The minimum atomic E-state index is -2.17. The van der Waals surface area contributed by atoms with Gasteiger partial charge in [-0.2, -0.15) is 0 Å². The lowest BCUT2D eigenvalue weighted by Crippen LogP contribution is -2.21. The lowest BCUT2D eigenvalue weighted by atomic mass is 10.7. The van der Waals surface area contributed by atoms with Crippen LogP contribution in [0.15, 0.2) is 12.7 Å². The van der Waals surface area contributed by atoms with Gasteiger partial charge in [0, 0.05) is 6.54 Å². The topological polar surface area (TPSA) is 64.1 Å². The van der Waals surface area contributed by atoms with E-state index in [1.165, 1.54) is 0 Å². The summed E-state index contributed by atoms with van der Waals surface area (Å²) < 4.78 is 0. The Hall–Kier alpha value is 0.270. The molecule has 0 fully saturated rings. The summed E-state index contributed by atoms with van der Waals surface area (Å²) in [6.07, 6.45) is 1.67. The normalized spacial score (nSPS) is 11.2.